The van der Waals surface area contributed by atoms with Gasteiger partial charge in [-0.15, -0.1) is 0 Å². The number of carbonyl (C=O) groups is 1. The SMILES string of the molecule is Cc1c(C(=O)N/N=C/c2ccc(O)cc2)nn(-c2ccccc2)c(=O)c1C#N. The van der Waals surface area contributed by atoms with Gasteiger partial charge in [0.25, 0.3) is 11.5 Å². The number of carbonyl (C=O) groups excluding carboxylic acids is 1. The predicted octanol–water partition coefficient (Wildman–Crippen LogP) is 1.88. The van der Waals surface area contributed by atoms with E-state index in [2.05, 4.69) is 15.6 Å². The molecule has 0 fully saturated rings. The predicted molar refractivity (Wildman–Crippen MR) is 102 cm³/mol. The third kappa shape index (κ3) is 3.78. The maximum atomic E-state index is 12.5. The van der Waals surface area contributed by atoms with Crippen molar-refractivity contribution in [2.75, 3.05) is 0 Å². The zero-order valence-electron chi connectivity index (χ0n) is 14.8. The van der Waals surface area contributed by atoms with Crippen molar-refractivity contribution >= 4 is 12.1 Å². The zero-order chi connectivity index (χ0) is 20.1. The van der Waals surface area contributed by atoms with Gasteiger partial charge in [-0.3, -0.25) is 9.59 Å². The van der Waals surface area contributed by atoms with Crippen LogP contribution < -0.4 is 11.0 Å². The monoisotopic (exact) mass is 373 g/mol. The van der Waals surface area contributed by atoms with Crippen LogP contribution in [-0.4, -0.2) is 27.0 Å². The van der Waals surface area contributed by atoms with E-state index in [4.69, 9.17) is 0 Å². The lowest BCUT2D eigenvalue weighted by atomic mass is 10.1. The Morgan fingerprint density at radius 2 is 1.89 bits per heavy atom. The number of phenolic OH excluding ortho intramolecular Hbond substituents is 1. The molecule has 1 amide bonds. The number of amides is 1. The first kappa shape index (κ1) is 18.5. The molecule has 138 valence electrons. The summed E-state index contributed by atoms with van der Waals surface area (Å²) in [6.07, 6.45) is 1.39. The molecule has 0 spiro atoms. The number of aromatic hydroxyl groups is 1. The lowest BCUT2D eigenvalue weighted by molar-refractivity contribution is 0.0947. The summed E-state index contributed by atoms with van der Waals surface area (Å²) in [6.45, 7) is 1.49. The summed E-state index contributed by atoms with van der Waals surface area (Å²) in [5, 5.41) is 26.6. The van der Waals surface area contributed by atoms with Crippen LogP contribution in [0.2, 0.25) is 0 Å². The van der Waals surface area contributed by atoms with E-state index in [1.165, 1.54) is 25.3 Å². The van der Waals surface area contributed by atoms with Gasteiger partial charge in [-0.05, 0) is 48.9 Å². The summed E-state index contributed by atoms with van der Waals surface area (Å²) in [6, 6.07) is 16.6. The van der Waals surface area contributed by atoms with Gasteiger partial charge in [0, 0.05) is 5.56 Å². The molecule has 3 rings (SSSR count). The normalized spacial score (nSPS) is 10.6. The van der Waals surface area contributed by atoms with Crippen molar-refractivity contribution in [3.63, 3.8) is 0 Å². The zero-order valence-corrected chi connectivity index (χ0v) is 14.8. The van der Waals surface area contributed by atoms with E-state index in [1.54, 1.807) is 42.5 Å². The smallest absolute Gasteiger partial charge is 0.292 e. The van der Waals surface area contributed by atoms with Crippen LogP contribution in [0.25, 0.3) is 5.69 Å². The second-order valence-corrected chi connectivity index (χ2v) is 5.80. The van der Waals surface area contributed by atoms with E-state index in [0.29, 0.717) is 11.3 Å². The molecular formula is C20H15N5O3. The van der Waals surface area contributed by atoms with Crippen molar-refractivity contribution < 1.29 is 9.90 Å². The summed E-state index contributed by atoms with van der Waals surface area (Å²) in [7, 11) is 0. The Balaban J connectivity index is 1.94. The second kappa shape index (κ2) is 7.97. The molecule has 0 bridgehead atoms. The number of hydrogen-bond acceptors (Lipinski definition) is 6. The molecule has 0 aliphatic rings. The minimum Gasteiger partial charge on any atom is -0.508 e. The molecule has 28 heavy (non-hydrogen) atoms. The highest BCUT2D eigenvalue weighted by atomic mass is 16.3. The van der Waals surface area contributed by atoms with Gasteiger partial charge in [0.1, 0.15) is 17.4 Å². The topological polar surface area (TPSA) is 120 Å². The number of nitrogens with zero attached hydrogens (tertiary/aromatic N) is 4. The van der Waals surface area contributed by atoms with Crippen LogP contribution in [0.5, 0.6) is 5.75 Å². The largest absolute Gasteiger partial charge is 0.508 e. The van der Waals surface area contributed by atoms with E-state index < -0.39 is 11.5 Å². The molecule has 0 atom stereocenters. The van der Waals surface area contributed by atoms with Crippen molar-refractivity contribution in [3.8, 4) is 17.5 Å². The van der Waals surface area contributed by atoms with Crippen molar-refractivity contribution in [1.82, 2.24) is 15.2 Å². The van der Waals surface area contributed by atoms with Gasteiger partial charge < -0.3 is 5.11 Å². The fourth-order valence-electron chi connectivity index (χ4n) is 2.48. The van der Waals surface area contributed by atoms with Crippen molar-refractivity contribution in [2.45, 2.75) is 6.92 Å². The third-order valence-corrected chi connectivity index (χ3v) is 3.94. The van der Waals surface area contributed by atoms with Gasteiger partial charge >= 0.3 is 0 Å². The molecule has 3 aromatic rings. The number of hydrogen-bond donors (Lipinski definition) is 2. The second-order valence-electron chi connectivity index (χ2n) is 5.80. The van der Waals surface area contributed by atoms with Crippen LogP contribution in [0.1, 0.15) is 27.2 Å². The van der Waals surface area contributed by atoms with Crippen LogP contribution in [0.15, 0.2) is 64.5 Å². The highest BCUT2D eigenvalue weighted by Crippen LogP contribution is 2.11. The Hall–Kier alpha value is -4.25. The number of benzene rings is 2. The minimum absolute atomic E-state index is 0.0807. The molecule has 0 saturated heterocycles. The summed E-state index contributed by atoms with van der Waals surface area (Å²) < 4.78 is 1.02. The van der Waals surface area contributed by atoms with Crippen molar-refractivity contribution in [1.29, 1.82) is 5.26 Å². The molecule has 2 aromatic carbocycles. The number of para-hydroxylation sites is 1. The summed E-state index contributed by atoms with van der Waals surface area (Å²) >= 11 is 0. The molecular weight excluding hydrogens is 358 g/mol. The number of rotatable bonds is 4. The molecule has 8 heteroatoms. The maximum absolute atomic E-state index is 12.5. The van der Waals surface area contributed by atoms with E-state index in [-0.39, 0.29) is 22.6 Å². The molecule has 0 radical (unpaired) electrons. The first-order chi connectivity index (χ1) is 13.5. The van der Waals surface area contributed by atoms with E-state index in [0.717, 1.165) is 4.68 Å². The van der Waals surface area contributed by atoms with E-state index in [1.807, 2.05) is 6.07 Å². The van der Waals surface area contributed by atoms with Crippen LogP contribution in [0.3, 0.4) is 0 Å². The van der Waals surface area contributed by atoms with Gasteiger partial charge in [-0.2, -0.15) is 20.1 Å². The minimum atomic E-state index is -0.659. The molecule has 0 aliphatic carbocycles. The maximum Gasteiger partial charge on any atom is 0.292 e. The van der Waals surface area contributed by atoms with Gasteiger partial charge in [0.15, 0.2) is 5.69 Å². The van der Waals surface area contributed by atoms with Gasteiger partial charge in [0.2, 0.25) is 0 Å². The average molecular weight is 373 g/mol. The molecule has 0 aliphatic heterocycles. The first-order valence-electron chi connectivity index (χ1n) is 8.23. The molecule has 1 heterocycles. The average Bonchev–Trinajstić information content (AvgIpc) is 2.70. The third-order valence-electron chi connectivity index (χ3n) is 3.94. The highest BCUT2D eigenvalue weighted by molar-refractivity contribution is 5.94. The summed E-state index contributed by atoms with van der Waals surface area (Å²) in [5.74, 6) is -0.540. The van der Waals surface area contributed by atoms with Crippen LogP contribution in [0.4, 0.5) is 0 Å². The number of nitrogens with one attached hydrogen (secondary N) is 1. The van der Waals surface area contributed by atoms with Crippen LogP contribution in [0, 0.1) is 18.3 Å². The number of hydrazone groups is 1. The standard InChI is InChI=1S/C20H15N5O3/c1-13-17(11-21)20(28)25(15-5-3-2-4-6-15)24-18(13)19(27)23-22-12-14-7-9-16(26)10-8-14/h2-10,12,26H,1H3,(H,23,27)/b22-12+. The Morgan fingerprint density at radius 3 is 2.54 bits per heavy atom. The Morgan fingerprint density at radius 1 is 1.21 bits per heavy atom. The van der Waals surface area contributed by atoms with Gasteiger partial charge in [0.05, 0.1) is 11.9 Å². The molecule has 0 saturated carbocycles. The fourth-order valence-corrected chi connectivity index (χ4v) is 2.48. The Labute approximate surface area is 160 Å². The molecule has 2 N–H and O–H groups in total. The Kier molecular flexibility index (Phi) is 5.28. The first-order valence-corrected chi connectivity index (χ1v) is 8.23. The number of nitriles is 1. The van der Waals surface area contributed by atoms with Gasteiger partial charge in [-0.25, -0.2) is 5.43 Å². The van der Waals surface area contributed by atoms with Crippen LogP contribution in [-0.2, 0) is 0 Å². The van der Waals surface area contributed by atoms with Crippen molar-refractivity contribution in [2.24, 2.45) is 5.10 Å². The van der Waals surface area contributed by atoms with E-state index >= 15 is 0 Å². The summed E-state index contributed by atoms with van der Waals surface area (Å²) in [5.41, 5.74) is 2.77. The fraction of sp³-hybridized carbons (Fsp3) is 0.0500. The van der Waals surface area contributed by atoms with Crippen LogP contribution >= 0.6 is 0 Å². The summed E-state index contributed by atoms with van der Waals surface area (Å²) in [4.78, 5) is 25.0. The highest BCUT2D eigenvalue weighted by Gasteiger charge is 2.19. The number of phenols is 1. The molecule has 8 nitrogen and oxygen atoms in total. The number of aromatic nitrogens is 2. The van der Waals surface area contributed by atoms with E-state index in [9.17, 15) is 20.0 Å². The molecule has 1 aromatic heterocycles. The lowest BCUT2D eigenvalue weighted by Crippen LogP contribution is -2.31. The Bertz CT molecular complexity index is 1140. The quantitative estimate of drug-likeness (QED) is 0.534. The lowest BCUT2D eigenvalue weighted by Gasteiger charge is -2.10. The van der Waals surface area contributed by atoms with Crippen molar-refractivity contribution in [3.05, 3.63) is 87.3 Å². The molecule has 0 unspecified atom stereocenters. The van der Waals surface area contributed by atoms with Gasteiger partial charge in [-0.1, -0.05) is 18.2 Å².